The number of carboxylic acid groups (broad SMARTS) is 1. The van der Waals surface area contributed by atoms with E-state index in [1.165, 1.54) is 42.5 Å². The van der Waals surface area contributed by atoms with Crippen molar-refractivity contribution < 1.29 is 9.90 Å². The van der Waals surface area contributed by atoms with Gasteiger partial charge in [-0.05, 0) is 19.9 Å². The smallest absolute Gasteiger partial charge is 0.304 e. The monoisotopic (exact) mass is 327 g/mol. The molecule has 1 fully saturated rings. The lowest BCUT2D eigenvalue weighted by Gasteiger charge is -2.18. The first kappa shape index (κ1) is 16.7. The molecule has 1 aromatic carbocycles. The largest absolute Gasteiger partial charge is 0.481 e. The Morgan fingerprint density at radius 3 is 2.67 bits per heavy atom. The Balaban J connectivity index is 1.87. The Morgan fingerprint density at radius 2 is 2.00 bits per heavy atom. The second-order valence-corrected chi connectivity index (χ2v) is 6.65. The normalized spacial score (nSPS) is 15.2. The first-order valence-corrected chi connectivity index (χ1v) is 8.67. The first-order valence-electron chi connectivity index (χ1n) is 8.67. The van der Waals surface area contributed by atoms with E-state index < -0.39 is 5.97 Å². The van der Waals surface area contributed by atoms with Crippen LogP contribution in [0.15, 0.2) is 36.5 Å². The molecule has 0 aliphatic heterocycles. The molecule has 0 bridgehead atoms. The highest BCUT2D eigenvalue weighted by molar-refractivity contribution is 5.67. The standard InChI is InChI=1S/C19H25N3O2/c1-21(12-11-18(23)24)14-16-13-20-22(17-9-5-6-10-17)19(16)15-7-3-2-4-8-15/h2-4,7-8,13,17H,5-6,9-12,14H2,1H3,(H,23,24). The van der Waals surface area contributed by atoms with Gasteiger partial charge in [-0.15, -0.1) is 0 Å². The zero-order chi connectivity index (χ0) is 16.9. The fourth-order valence-electron chi connectivity index (χ4n) is 3.51. The molecule has 0 radical (unpaired) electrons. The van der Waals surface area contributed by atoms with Crippen molar-refractivity contribution in [2.24, 2.45) is 0 Å². The molecule has 24 heavy (non-hydrogen) atoms. The van der Waals surface area contributed by atoms with Crippen molar-refractivity contribution in [2.75, 3.05) is 13.6 Å². The number of hydrogen-bond acceptors (Lipinski definition) is 3. The Bertz CT molecular complexity index is 675. The molecule has 0 atom stereocenters. The molecule has 0 spiro atoms. The van der Waals surface area contributed by atoms with Crippen LogP contribution in [-0.4, -0.2) is 39.3 Å². The number of aromatic nitrogens is 2. The van der Waals surface area contributed by atoms with Crippen molar-refractivity contribution in [2.45, 2.75) is 44.7 Å². The van der Waals surface area contributed by atoms with Gasteiger partial charge in [0.2, 0.25) is 0 Å². The lowest BCUT2D eigenvalue weighted by molar-refractivity contribution is -0.137. The van der Waals surface area contributed by atoms with Crippen molar-refractivity contribution in [1.82, 2.24) is 14.7 Å². The van der Waals surface area contributed by atoms with Crippen LogP contribution in [0.4, 0.5) is 0 Å². The van der Waals surface area contributed by atoms with Crippen molar-refractivity contribution in [3.63, 3.8) is 0 Å². The fraction of sp³-hybridized carbons (Fsp3) is 0.474. The fourth-order valence-corrected chi connectivity index (χ4v) is 3.51. The van der Waals surface area contributed by atoms with Gasteiger partial charge in [-0.1, -0.05) is 43.2 Å². The van der Waals surface area contributed by atoms with Crippen LogP contribution >= 0.6 is 0 Å². The summed E-state index contributed by atoms with van der Waals surface area (Å²) < 4.78 is 2.20. The van der Waals surface area contributed by atoms with Crippen LogP contribution in [0.25, 0.3) is 11.3 Å². The molecule has 128 valence electrons. The van der Waals surface area contributed by atoms with Gasteiger partial charge >= 0.3 is 5.97 Å². The van der Waals surface area contributed by atoms with Crippen LogP contribution < -0.4 is 0 Å². The van der Waals surface area contributed by atoms with Crippen LogP contribution in [0, 0.1) is 0 Å². The summed E-state index contributed by atoms with van der Waals surface area (Å²) in [6.07, 6.45) is 7.04. The zero-order valence-electron chi connectivity index (χ0n) is 14.2. The van der Waals surface area contributed by atoms with Gasteiger partial charge in [0.1, 0.15) is 0 Å². The topological polar surface area (TPSA) is 58.4 Å². The van der Waals surface area contributed by atoms with Crippen LogP contribution in [0.5, 0.6) is 0 Å². The highest BCUT2D eigenvalue weighted by atomic mass is 16.4. The molecule has 1 heterocycles. The number of carboxylic acids is 1. The minimum Gasteiger partial charge on any atom is -0.481 e. The SMILES string of the molecule is CN(CCC(=O)O)Cc1cnn(C2CCCC2)c1-c1ccccc1. The third-order valence-electron chi connectivity index (χ3n) is 4.74. The molecule has 2 aromatic rings. The summed E-state index contributed by atoms with van der Waals surface area (Å²) >= 11 is 0. The van der Waals surface area contributed by atoms with Gasteiger partial charge in [0.15, 0.2) is 0 Å². The minimum atomic E-state index is -0.758. The van der Waals surface area contributed by atoms with Crippen molar-refractivity contribution >= 4 is 5.97 Å². The molecule has 1 aromatic heterocycles. The van der Waals surface area contributed by atoms with E-state index >= 15 is 0 Å². The quantitative estimate of drug-likeness (QED) is 0.844. The number of rotatable bonds is 7. The van der Waals surface area contributed by atoms with Crippen molar-refractivity contribution in [3.8, 4) is 11.3 Å². The summed E-state index contributed by atoms with van der Waals surface area (Å²) in [7, 11) is 1.96. The molecule has 1 aliphatic rings. The molecule has 1 saturated carbocycles. The predicted octanol–water partition coefficient (Wildman–Crippen LogP) is 3.57. The van der Waals surface area contributed by atoms with E-state index in [0.717, 1.165) is 0 Å². The van der Waals surface area contributed by atoms with Gasteiger partial charge in [0.05, 0.1) is 24.4 Å². The van der Waals surface area contributed by atoms with Crippen LogP contribution in [0.3, 0.4) is 0 Å². The van der Waals surface area contributed by atoms with Crippen LogP contribution in [-0.2, 0) is 11.3 Å². The highest BCUT2D eigenvalue weighted by Gasteiger charge is 2.23. The maximum Gasteiger partial charge on any atom is 0.304 e. The van der Waals surface area contributed by atoms with E-state index in [4.69, 9.17) is 10.2 Å². The molecule has 1 aliphatic carbocycles. The summed E-state index contributed by atoms with van der Waals surface area (Å²) in [5.41, 5.74) is 3.54. The lowest BCUT2D eigenvalue weighted by Crippen LogP contribution is -2.21. The Kier molecular flexibility index (Phi) is 5.30. The number of aliphatic carboxylic acids is 1. The highest BCUT2D eigenvalue weighted by Crippen LogP contribution is 2.35. The second kappa shape index (κ2) is 7.62. The van der Waals surface area contributed by atoms with Gasteiger partial charge in [0.25, 0.3) is 0 Å². The molecule has 0 unspecified atom stereocenters. The van der Waals surface area contributed by atoms with Gasteiger partial charge in [-0.3, -0.25) is 9.48 Å². The van der Waals surface area contributed by atoms with Gasteiger partial charge in [0, 0.05) is 24.2 Å². The Morgan fingerprint density at radius 1 is 1.29 bits per heavy atom. The van der Waals surface area contributed by atoms with E-state index in [9.17, 15) is 4.79 Å². The number of nitrogens with zero attached hydrogens (tertiary/aromatic N) is 3. The summed E-state index contributed by atoms with van der Waals surface area (Å²) in [6.45, 7) is 1.25. The second-order valence-electron chi connectivity index (χ2n) is 6.65. The first-order chi connectivity index (χ1) is 11.6. The van der Waals surface area contributed by atoms with Gasteiger partial charge in [-0.2, -0.15) is 5.10 Å². The summed E-state index contributed by atoms with van der Waals surface area (Å²) in [5.74, 6) is -0.758. The van der Waals surface area contributed by atoms with E-state index in [0.29, 0.717) is 19.1 Å². The van der Waals surface area contributed by atoms with E-state index in [1.807, 2.05) is 19.3 Å². The summed E-state index contributed by atoms with van der Waals surface area (Å²) in [6, 6.07) is 10.9. The average Bonchev–Trinajstić information content (AvgIpc) is 3.23. The number of benzene rings is 1. The molecule has 1 N–H and O–H groups in total. The maximum absolute atomic E-state index is 10.8. The van der Waals surface area contributed by atoms with Crippen LogP contribution in [0.2, 0.25) is 0 Å². The van der Waals surface area contributed by atoms with Gasteiger partial charge in [-0.25, -0.2) is 0 Å². The van der Waals surface area contributed by atoms with E-state index in [2.05, 4.69) is 33.8 Å². The Labute approximate surface area is 142 Å². The van der Waals surface area contributed by atoms with Crippen molar-refractivity contribution in [1.29, 1.82) is 0 Å². The lowest BCUT2D eigenvalue weighted by atomic mass is 10.1. The van der Waals surface area contributed by atoms with E-state index in [1.54, 1.807) is 0 Å². The van der Waals surface area contributed by atoms with Gasteiger partial charge < -0.3 is 10.0 Å². The number of carbonyl (C=O) groups is 1. The molecule has 0 saturated heterocycles. The molecule has 5 nitrogen and oxygen atoms in total. The predicted molar refractivity (Wildman–Crippen MR) is 93.8 cm³/mol. The molecule has 5 heteroatoms. The Hall–Kier alpha value is -2.14. The zero-order valence-corrected chi connectivity index (χ0v) is 14.2. The molecular formula is C19H25N3O2. The summed E-state index contributed by atoms with van der Waals surface area (Å²) in [5, 5.41) is 13.6. The summed E-state index contributed by atoms with van der Waals surface area (Å²) in [4.78, 5) is 12.8. The van der Waals surface area contributed by atoms with Crippen molar-refractivity contribution in [3.05, 3.63) is 42.1 Å². The van der Waals surface area contributed by atoms with E-state index in [-0.39, 0.29) is 6.42 Å². The molecular weight excluding hydrogens is 302 g/mol. The minimum absolute atomic E-state index is 0.161. The molecule has 0 amide bonds. The number of hydrogen-bond donors (Lipinski definition) is 1. The molecule has 3 rings (SSSR count). The average molecular weight is 327 g/mol. The van der Waals surface area contributed by atoms with Crippen LogP contribution in [0.1, 0.15) is 43.7 Å². The maximum atomic E-state index is 10.8. The third-order valence-corrected chi connectivity index (χ3v) is 4.74. The third kappa shape index (κ3) is 3.85.